The molecule has 2 heterocycles. The van der Waals surface area contributed by atoms with Gasteiger partial charge in [-0.15, -0.1) is 11.3 Å². The second-order valence-electron chi connectivity index (χ2n) is 5.29. The van der Waals surface area contributed by atoms with Crippen LogP contribution in [0.4, 0.5) is 5.13 Å². The van der Waals surface area contributed by atoms with E-state index in [1.54, 1.807) is 0 Å². The summed E-state index contributed by atoms with van der Waals surface area (Å²) in [7, 11) is 1.99. The molecule has 0 atom stereocenters. The van der Waals surface area contributed by atoms with Crippen molar-refractivity contribution in [2.45, 2.75) is 32.4 Å². The molecule has 5 heteroatoms. The average molecular weight is 266 g/mol. The molecule has 1 N–H and O–H groups in total. The summed E-state index contributed by atoms with van der Waals surface area (Å²) in [5.74, 6) is 0. The maximum Gasteiger partial charge on any atom is 0.185 e. The van der Waals surface area contributed by atoms with Gasteiger partial charge in [-0.2, -0.15) is 0 Å². The lowest BCUT2D eigenvalue weighted by molar-refractivity contribution is 0.248. The Labute approximate surface area is 113 Å². The first-order valence-electron chi connectivity index (χ1n) is 6.88. The summed E-state index contributed by atoms with van der Waals surface area (Å²) in [5.41, 5.74) is 1.19. The molecule has 3 rings (SSSR count). The number of aryl methyl sites for hydroxylation is 1. The molecule has 0 bridgehead atoms. The van der Waals surface area contributed by atoms with Crippen LogP contribution in [-0.4, -0.2) is 49.2 Å². The monoisotopic (exact) mass is 266 g/mol. The smallest absolute Gasteiger partial charge is 0.185 e. The third-order valence-corrected chi connectivity index (χ3v) is 5.08. The Kier molecular flexibility index (Phi) is 3.54. The lowest BCUT2D eigenvalue weighted by Gasteiger charge is -2.34. The molecule has 1 aromatic heterocycles. The maximum atomic E-state index is 4.72. The van der Waals surface area contributed by atoms with Gasteiger partial charge < -0.3 is 10.2 Å². The molecule has 0 amide bonds. The maximum absolute atomic E-state index is 4.72. The largest absolute Gasteiger partial charge is 0.346 e. The first-order valence-corrected chi connectivity index (χ1v) is 7.69. The lowest BCUT2D eigenvalue weighted by atomic mass is 10.3. The van der Waals surface area contributed by atoms with Crippen molar-refractivity contribution in [2.75, 3.05) is 38.1 Å². The number of hydrogen-bond donors (Lipinski definition) is 1. The number of rotatable bonds is 4. The standard InChI is InChI=1S/C13H22N4S/c1-10-12(9-14-2)18-13(15-10)17-7-5-16(6-8-17)11-3-4-11/h11,14H,3-9H2,1-2H3. The zero-order chi connectivity index (χ0) is 12.5. The van der Waals surface area contributed by atoms with Crippen molar-refractivity contribution in [3.8, 4) is 0 Å². The van der Waals surface area contributed by atoms with Gasteiger partial charge in [-0.1, -0.05) is 0 Å². The van der Waals surface area contributed by atoms with E-state index in [1.165, 1.54) is 41.6 Å². The second-order valence-corrected chi connectivity index (χ2v) is 6.35. The summed E-state index contributed by atoms with van der Waals surface area (Å²) in [4.78, 5) is 11.2. The fourth-order valence-electron chi connectivity index (χ4n) is 2.59. The van der Waals surface area contributed by atoms with Gasteiger partial charge in [0.05, 0.1) is 5.69 Å². The van der Waals surface area contributed by atoms with Crippen molar-refractivity contribution in [1.82, 2.24) is 15.2 Å². The van der Waals surface area contributed by atoms with Gasteiger partial charge in [-0.05, 0) is 26.8 Å². The van der Waals surface area contributed by atoms with Gasteiger partial charge in [-0.25, -0.2) is 4.98 Å². The van der Waals surface area contributed by atoms with Gasteiger partial charge in [0.2, 0.25) is 0 Å². The molecule has 2 aliphatic rings. The molecule has 0 unspecified atom stereocenters. The van der Waals surface area contributed by atoms with E-state index in [0.29, 0.717) is 0 Å². The Balaban J connectivity index is 1.62. The SMILES string of the molecule is CNCc1sc(N2CCN(C3CC3)CC2)nc1C. The van der Waals surface area contributed by atoms with Gasteiger partial charge in [0.1, 0.15) is 0 Å². The van der Waals surface area contributed by atoms with E-state index in [4.69, 9.17) is 4.98 Å². The fourth-order valence-corrected chi connectivity index (χ4v) is 3.72. The van der Waals surface area contributed by atoms with Crippen LogP contribution in [0.2, 0.25) is 0 Å². The van der Waals surface area contributed by atoms with E-state index < -0.39 is 0 Å². The van der Waals surface area contributed by atoms with Crippen LogP contribution in [0.15, 0.2) is 0 Å². The summed E-state index contributed by atoms with van der Waals surface area (Å²) in [6, 6.07) is 0.907. The van der Waals surface area contributed by atoms with Gasteiger partial charge in [0.25, 0.3) is 0 Å². The Morgan fingerprint density at radius 1 is 1.28 bits per heavy atom. The van der Waals surface area contributed by atoms with Crippen LogP contribution >= 0.6 is 11.3 Å². The Hall–Kier alpha value is -0.650. The van der Waals surface area contributed by atoms with Crippen LogP contribution in [0.5, 0.6) is 0 Å². The summed E-state index contributed by atoms with van der Waals surface area (Å²) < 4.78 is 0. The van der Waals surface area contributed by atoms with Crippen LogP contribution in [0.25, 0.3) is 0 Å². The van der Waals surface area contributed by atoms with Crippen molar-refractivity contribution in [1.29, 1.82) is 0 Å². The van der Waals surface area contributed by atoms with E-state index in [9.17, 15) is 0 Å². The normalized spacial score (nSPS) is 21.6. The summed E-state index contributed by atoms with van der Waals surface area (Å²) in [6.07, 6.45) is 2.84. The minimum Gasteiger partial charge on any atom is -0.346 e. The third-order valence-electron chi connectivity index (χ3n) is 3.87. The highest BCUT2D eigenvalue weighted by atomic mass is 32.1. The first kappa shape index (κ1) is 12.4. The molecule has 1 aromatic rings. The Morgan fingerprint density at radius 2 is 2.00 bits per heavy atom. The molecule has 0 radical (unpaired) electrons. The molecule has 18 heavy (non-hydrogen) atoms. The number of anilines is 1. The zero-order valence-electron chi connectivity index (χ0n) is 11.3. The Morgan fingerprint density at radius 3 is 2.61 bits per heavy atom. The highest BCUT2D eigenvalue weighted by molar-refractivity contribution is 7.15. The van der Waals surface area contributed by atoms with E-state index in [-0.39, 0.29) is 0 Å². The van der Waals surface area contributed by atoms with E-state index in [2.05, 4.69) is 22.0 Å². The number of aromatic nitrogens is 1. The van der Waals surface area contributed by atoms with E-state index >= 15 is 0 Å². The molecular weight excluding hydrogens is 244 g/mol. The van der Waals surface area contributed by atoms with Crippen molar-refractivity contribution in [3.05, 3.63) is 10.6 Å². The average Bonchev–Trinajstić information content (AvgIpc) is 3.16. The van der Waals surface area contributed by atoms with E-state index in [0.717, 1.165) is 25.7 Å². The zero-order valence-corrected chi connectivity index (χ0v) is 12.1. The number of nitrogens with zero attached hydrogens (tertiary/aromatic N) is 3. The fraction of sp³-hybridized carbons (Fsp3) is 0.769. The van der Waals surface area contributed by atoms with Crippen molar-refractivity contribution in [3.63, 3.8) is 0 Å². The van der Waals surface area contributed by atoms with Crippen LogP contribution < -0.4 is 10.2 Å². The molecular formula is C13H22N4S. The van der Waals surface area contributed by atoms with Gasteiger partial charge in [-0.3, -0.25) is 4.90 Å². The van der Waals surface area contributed by atoms with Crippen molar-refractivity contribution >= 4 is 16.5 Å². The minimum absolute atomic E-state index is 0.907. The molecule has 1 saturated heterocycles. The minimum atomic E-state index is 0.907. The molecule has 0 spiro atoms. The molecule has 100 valence electrons. The predicted molar refractivity (Wildman–Crippen MR) is 76.4 cm³/mol. The topological polar surface area (TPSA) is 31.4 Å². The summed E-state index contributed by atoms with van der Waals surface area (Å²) in [5, 5.41) is 4.43. The van der Waals surface area contributed by atoms with Crippen molar-refractivity contribution in [2.24, 2.45) is 0 Å². The van der Waals surface area contributed by atoms with Crippen LogP contribution in [0.1, 0.15) is 23.4 Å². The number of nitrogens with one attached hydrogen (secondary N) is 1. The molecule has 1 aliphatic carbocycles. The van der Waals surface area contributed by atoms with Crippen LogP contribution in [0, 0.1) is 6.92 Å². The predicted octanol–water partition coefficient (Wildman–Crippen LogP) is 1.46. The first-order chi connectivity index (χ1) is 8.78. The highest BCUT2D eigenvalue weighted by Gasteiger charge is 2.31. The van der Waals surface area contributed by atoms with Crippen LogP contribution in [0.3, 0.4) is 0 Å². The van der Waals surface area contributed by atoms with Gasteiger partial charge in [0, 0.05) is 43.6 Å². The lowest BCUT2D eigenvalue weighted by Crippen LogP contribution is -2.47. The number of thiazole rings is 1. The van der Waals surface area contributed by atoms with Gasteiger partial charge >= 0.3 is 0 Å². The highest BCUT2D eigenvalue weighted by Crippen LogP contribution is 2.30. The van der Waals surface area contributed by atoms with E-state index in [1.807, 2.05) is 18.4 Å². The molecule has 1 aliphatic heterocycles. The summed E-state index contributed by atoms with van der Waals surface area (Å²) in [6.45, 7) is 7.76. The quantitative estimate of drug-likeness (QED) is 0.894. The summed E-state index contributed by atoms with van der Waals surface area (Å²) >= 11 is 1.85. The van der Waals surface area contributed by atoms with Crippen molar-refractivity contribution < 1.29 is 0 Å². The van der Waals surface area contributed by atoms with Gasteiger partial charge in [0.15, 0.2) is 5.13 Å². The molecule has 1 saturated carbocycles. The Bertz CT molecular complexity index is 405. The van der Waals surface area contributed by atoms with Crippen LogP contribution in [-0.2, 0) is 6.54 Å². The number of hydrogen-bond acceptors (Lipinski definition) is 5. The molecule has 2 fully saturated rings. The molecule has 4 nitrogen and oxygen atoms in total. The third kappa shape index (κ3) is 2.53. The second kappa shape index (κ2) is 5.15. The molecule has 0 aromatic carbocycles. The number of piperazine rings is 1.